The third-order valence-corrected chi connectivity index (χ3v) is 3.86. The lowest BCUT2D eigenvalue weighted by Gasteiger charge is -2.43. The first kappa shape index (κ1) is 15.3. The van der Waals surface area contributed by atoms with Crippen LogP contribution in [0.1, 0.15) is 26.7 Å². The molecule has 1 aromatic heterocycles. The standard InChI is InChI=1S/C13H21N5O3/c1-13(2)4-3-7-18(10(13)11(19)20)12(21)14-5-8-17-9-6-15-16-17/h6,9-10H,3-5,7-8H2,1-2H3,(H,14,21)(H,19,20). The number of aromatic nitrogens is 3. The van der Waals surface area contributed by atoms with E-state index < -0.39 is 17.4 Å². The lowest BCUT2D eigenvalue weighted by molar-refractivity contribution is -0.148. The Balaban J connectivity index is 1.94. The summed E-state index contributed by atoms with van der Waals surface area (Å²) in [7, 11) is 0. The highest BCUT2D eigenvalue weighted by Gasteiger charge is 2.44. The van der Waals surface area contributed by atoms with Crippen molar-refractivity contribution in [3.05, 3.63) is 12.4 Å². The Kier molecular flexibility index (Phi) is 4.44. The topological polar surface area (TPSA) is 100 Å². The fourth-order valence-corrected chi connectivity index (χ4v) is 2.81. The highest BCUT2D eigenvalue weighted by molar-refractivity contribution is 5.83. The second-order valence-electron chi connectivity index (χ2n) is 5.92. The number of likely N-dealkylation sites (tertiary alicyclic amines) is 1. The minimum Gasteiger partial charge on any atom is -0.480 e. The molecule has 116 valence electrons. The maximum Gasteiger partial charge on any atom is 0.327 e. The smallest absolute Gasteiger partial charge is 0.327 e. The average Bonchev–Trinajstić information content (AvgIpc) is 2.89. The van der Waals surface area contributed by atoms with Gasteiger partial charge in [0.1, 0.15) is 6.04 Å². The van der Waals surface area contributed by atoms with Crippen molar-refractivity contribution in [2.24, 2.45) is 5.41 Å². The number of nitrogens with one attached hydrogen (secondary N) is 1. The summed E-state index contributed by atoms with van der Waals surface area (Å²) >= 11 is 0. The molecule has 8 nitrogen and oxygen atoms in total. The fraction of sp³-hybridized carbons (Fsp3) is 0.692. The van der Waals surface area contributed by atoms with E-state index in [2.05, 4.69) is 15.6 Å². The van der Waals surface area contributed by atoms with Gasteiger partial charge in [-0.3, -0.25) is 4.68 Å². The van der Waals surface area contributed by atoms with Crippen LogP contribution in [0.15, 0.2) is 12.4 Å². The molecule has 0 radical (unpaired) electrons. The number of amides is 2. The summed E-state index contributed by atoms with van der Waals surface area (Å²) in [5, 5.41) is 19.6. The van der Waals surface area contributed by atoms with Crippen LogP contribution in [0.25, 0.3) is 0 Å². The van der Waals surface area contributed by atoms with E-state index in [-0.39, 0.29) is 6.03 Å². The summed E-state index contributed by atoms with van der Waals surface area (Å²) in [5.41, 5.74) is -0.423. The zero-order valence-electron chi connectivity index (χ0n) is 12.3. The number of hydrogen-bond acceptors (Lipinski definition) is 4. The van der Waals surface area contributed by atoms with Gasteiger partial charge >= 0.3 is 12.0 Å². The minimum atomic E-state index is -0.953. The number of hydrogen-bond donors (Lipinski definition) is 2. The van der Waals surface area contributed by atoms with E-state index in [1.165, 1.54) is 4.90 Å². The lowest BCUT2D eigenvalue weighted by atomic mass is 9.76. The first-order chi connectivity index (χ1) is 9.92. The Hall–Kier alpha value is -2.12. The summed E-state index contributed by atoms with van der Waals surface area (Å²) in [6, 6.07) is -1.13. The van der Waals surface area contributed by atoms with Gasteiger partial charge in [-0.2, -0.15) is 0 Å². The van der Waals surface area contributed by atoms with Gasteiger partial charge in [0, 0.05) is 19.3 Å². The Labute approximate surface area is 123 Å². The first-order valence-corrected chi connectivity index (χ1v) is 7.03. The van der Waals surface area contributed by atoms with Crippen molar-refractivity contribution in [1.82, 2.24) is 25.2 Å². The van der Waals surface area contributed by atoms with E-state index in [0.717, 1.165) is 12.8 Å². The van der Waals surface area contributed by atoms with Gasteiger partial charge in [-0.25, -0.2) is 9.59 Å². The zero-order chi connectivity index (χ0) is 15.5. The van der Waals surface area contributed by atoms with Crippen molar-refractivity contribution in [3.8, 4) is 0 Å². The third kappa shape index (κ3) is 3.50. The highest BCUT2D eigenvalue weighted by atomic mass is 16.4. The van der Waals surface area contributed by atoms with Gasteiger partial charge in [0.2, 0.25) is 0 Å². The van der Waals surface area contributed by atoms with Crippen molar-refractivity contribution in [2.45, 2.75) is 39.3 Å². The monoisotopic (exact) mass is 295 g/mol. The summed E-state index contributed by atoms with van der Waals surface area (Å²) in [6.07, 6.45) is 4.88. The SMILES string of the molecule is CC1(C)CCCN(C(=O)NCCn2ccnn2)C1C(=O)O. The number of urea groups is 1. The molecule has 0 aliphatic carbocycles. The van der Waals surface area contributed by atoms with E-state index >= 15 is 0 Å². The maximum atomic E-state index is 12.2. The Morgan fingerprint density at radius 2 is 2.24 bits per heavy atom. The molecule has 2 heterocycles. The number of rotatable bonds is 4. The van der Waals surface area contributed by atoms with E-state index in [9.17, 15) is 14.7 Å². The van der Waals surface area contributed by atoms with Crippen LogP contribution in [0.3, 0.4) is 0 Å². The largest absolute Gasteiger partial charge is 0.480 e. The van der Waals surface area contributed by atoms with Crippen molar-refractivity contribution < 1.29 is 14.7 Å². The quantitative estimate of drug-likeness (QED) is 0.845. The van der Waals surface area contributed by atoms with Crippen LogP contribution in [-0.4, -0.2) is 56.1 Å². The molecule has 1 aliphatic heterocycles. The van der Waals surface area contributed by atoms with E-state index in [1.807, 2.05) is 13.8 Å². The Bertz CT molecular complexity index is 500. The van der Waals surface area contributed by atoms with Crippen LogP contribution < -0.4 is 5.32 Å². The summed E-state index contributed by atoms with van der Waals surface area (Å²) < 4.78 is 1.61. The van der Waals surface area contributed by atoms with Crippen molar-refractivity contribution in [2.75, 3.05) is 13.1 Å². The van der Waals surface area contributed by atoms with Gasteiger partial charge in [0.25, 0.3) is 0 Å². The van der Waals surface area contributed by atoms with Gasteiger partial charge < -0.3 is 15.3 Å². The third-order valence-electron chi connectivity index (χ3n) is 3.86. The second kappa shape index (κ2) is 6.11. The molecule has 1 atom stereocenters. The number of nitrogens with zero attached hydrogens (tertiary/aromatic N) is 4. The highest BCUT2D eigenvalue weighted by Crippen LogP contribution is 2.35. The van der Waals surface area contributed by atoms with Crippen LogP contribution in [-0.2, 0) is 11.3 Å². The molecule has 1 aliphatic rings. The fourth-order valence-electron chi connectivity index (χ4n) is 2.81. The molecule has 2 rings (SSSR count). The van der Waals surface area contributed by atoms with Crippen LogP contribution in [0.2, 0.25) is 0 Å². The number of carboxylic acid groups (broad SMARTS) is 1. The molecule has 0 bridgehead atoms. The van der Waals surface area contributed by atoms with Crippen LogP contribution in [0.5, 0.6) is 0 Å². The molecular weight excluding hydrogens is 274 g/mol. The number of carbonyl (C=O) groups excluding carboxylic acids is 1. The number of carbonyl (C=O) groups is 2. The number of piperidine rings is 1. The van der Waals surface area contributed by atoms with Crippen LogP contribution in [0, 0.1) is 5.41 Å². The molecular formula is C13H21N5O3. The molecule has 2 amide bonds. The van der Waals surface area contributed by atoms with Crippen molar-refractivity contribution >= 4 is 12.0 Å². The molecule has 1 aromatic rings. The molecule has 8 heteroatoms. The minimum absolute atomic E-state index is 0.338. The zero-order valence-corrected chi connectivity index (χ0v) is 12.3. The lowest BCUT2D eigenvalue weighted by Crippen LogP contribution is -2.58. The summed E-state index contributed by atoms with van der Waals surface area (Å²) in [5.74, 6) is -0.953. The van der Waals surface area contributed by atoms with Crippen molar-refractivity contribution in [3.63, 3.8) is 0 Å². The number of aliphatic carboxylic acids is 1. The normalized spacial score (nSPS) is 21.0. The van der Waals surface area contributed by atoms with Gasteiger partial charge in [-0.05, 0) is 18.3 Å². The van der Waals surface area contributed by atoms with E-state index in [1.54, 1.807) is 17.1 Å². The Morgan fingerprint density at radius 3 is 2.86 bits per heavy atom. The van der Waals surface area contributed by atoms with Gasteiger partial charge in [0.05, 0.1) is 12.7 Å². The van der Waals surface area contributed by atoms with Crippen LogP contribution >= 0.6 is 0 Å². The van der Waals surface area contributed by atoms with Gasteiger partial charge in [-0.15, -0.1) is 5.10 Å². The molecule has 2 N–H and O–H groups in total. The molecule has 1 unspecified atom stereocenters. The number of carboxylic acids is 1. The van der Waals surface area contributed by atoms with E-state index in [4.69, 9.17) is 0 Å². The molecule has 0 spiro atoms. The Morgan fingerprint density at radius 1 is 1.48 bits per heavy atom. The predicted octanol–water partition coefficient (Wildman–Crippen LogP) is 0.563. The maximum absolute atomic E-state index is 12.2. The molecule has 0 saturated carbocycles. The summed E-state index contributed by atoms with van der Waals surface area (Å²) in [6.45, 7) is 5.13. The average molecular weight is 295 g/mol. The predicted molar refractivity (Wildman–Crippen MR) is 74.6 cm³/mol. The summed E-state index contributed by atoms with van der Waals surface area (Å²) in [4.78, 5) is 25.2. The molecule has 1 saturated heterocycles. The molecule has 21 heavy (non-hydrogen) atoms. The van der Waals surface area contributed by atoms with Gasteiger partial charge in [-0.1, -0.05) is 19.1 Å². The van der Waals surface area contributed by atoms with Crippen LogP contribution in [0.4, 0.5) is 4.79 Å². The molecule has 0 aromatic carbocycles. The van der Waals surface area contributed by atoms with Crippen molar-refractivity contribution in [1.29, 1.82) is 0 Å². The second-order valence-corrected chi connectivity index (χ2v) is 5.92. The first-order valence-electron chi connectivity index (χ1n) is 7.03. The van der Waals surface area contributed by atoms with E-state index in [0.29, 0.717) is 19.6 Å². The van der Waals surface area contributed by atoms with Gasteiger partial charge in [0.15, 0.2) is 0 Å². The molecule has 1 fully saturated rings.